The van der Waals surface area contributed by atoms with Crippen molar-refractivity contribution in [1.82, 2.24) is 9.88 Å². The van der Waals surface area contributed by atoms with Crippen LogP contribution in [0.2, 0.25) is 0 Å². The van der Waals surface area contributed by atoms with Crippen molar-refractivity contribution >= 4 is 34.6 Å². The fourth-order valence-corrected chi connectivity index (χ4v) is 5.01. The van der Waals surface area contributed by atoms with Gasteiger partial charge < -0.3 is 14.8 Å². The molecule has 1 aromatic heterocycles. The molecule has 11 heteroatoms. The van der Waals surface area contributed by atoms with Gasteiger partial charge >= 0.3 is 6.36 Å². The van der Waals surface area contributed by atoms with Crippen molar-refractivity contribution in [3.63, 3.8) is 0 Å². The van der Waals surface area contributed by atoms with Gasteiger partial charge in [-0.3, -0.25) is 4.90 Å². The molecule has 0 saturated carbocycles. The van der Waals surface area contributed by atoms with Crippen LogP contribution < -0.4 is 10.1 Å². The number of halogens is 3. The molecular weight excluding hydrogens is 563 g/mol. The Kier molecular flexibility index (Phi) is 9.41. The van der Waals surface area contributed by atoms with E-state index in [9.17, 15) is 13.2 Å². The number of nitrogens with one attached hydrogen (secondary N) is 1. The largest absolute Gasteiger partial charge is 0.573 e. The van der Waals surface area contributed by atoms with E-state index >= 15 is 0 Å². The Morgan fingerprint density at radius 3 is 2.38 bits per heavy atom. The topological polar surface area (TPSA) is 71.3 Å². The third-order valence-electron chi connectivity index (χ3n) is 6.64. The number of anilines is 2. The van der Waals surface area contributed by atoms with Crippen LogP contribution in [0, 0.1) is 6.92 Å². The molecule has 5 rings (SSSR count). The van der Waals surface area contributed by atoms with Crippen LogP contribution >= 0.6 is 11.8 Å². The monoisotopic (exact) mass is 593 g/mol. The molecule has 42 heavy (non-hydrogen) atoms. The number of morpholine rings is 1. The standard InChI is InChI=1S/C31H30F3N5O2S/c1-21-3-4-22(20-39-15-17-40-18-16-39)19-27(21)38-37-25-9-7-24(8-10-25)35-29-14-13-28(42-2)30(36-29)23-5-11-26(12-6-23)41-31(32,33)34/h3-14,19H,15-18,20H2,1-2H3,(H,35,36)/b38-37+. The van der Waals surface area contributed by atoms with E-state index < -0.39 is 6.36 Å². The van der Waals surface area contributed by atoms with E-state index in [2.05, 4.69) is 43.4 Å². The molecule has 3 aromatic carbocycles. The van der Waals surface area contributed by atoms with Crippen LogP contribution in [0.4, 0.5) is 36.1 Å². The number of rotatable bonds is 9. The van der Waals surface area contributed by atoms with Crippen LogP contribution in [0.3, 0.4) is 0 Å². The smallest absolute Gasteiger partial charge is 0.406 e. The van der Waals surface area contributed by atoms with Gasteiger partial charge in [0.2, 0.25) is 0 Å². The fraction of sp³-hybridized carbons (Fsp3) is 0.258. The highest BCUT2D eigenvalue weighted by Crippen LogP contribution is 2.33. The minimum atomic E-state index is -4.74. The first-order chi connectivity index (χ1) is 20.3. The van der Waals surface area contributed by atoms with Crippen LogP contribution in [0.25, 0.3) is 11.3 Å². The average molecular weight is 594 g/mol. The molecule has 218 valence electrons. The second-order valence-electron chi connectivity index (χ2n) is 9.70. The Balaban J connectivity index is 1.26. The van der Waals surface area contributed by atoms with Crippen LogP contribution in [0.15, 0.2) is 94.0 Å². The van der Waals surface area contributed by atoms with E-state index in [0.717, 1.165) is 54.7 Å². The molecule has 0 bridgehead atoms. The molecule has 0 unspecified atom stereocenters. The van der Waals surface area contributed by atoms with E-state index in [1.54, 1.807) is 12.1 Å². The first kappa shape index (κ1) is 29.6. The Morgan fingerprint density at radius 1 is 0.952 bits per heavy atom. The highest BCUT2D eigenvalue weighted by Gasteiger charge is 2.31. The Morgan fingerprint density at radius 2 is 1.69 bits per heavy atom. The summed E-state index contributed by atoms with van der Waals surface area (Å²) in [7, 11) is 0. The third kappa shape index (κ3) is 8.09. The lowest BCUT2D eigenvalue weighted by molar-refractivity contribution is -0.274. The number of ether oxygens (including phenoxy) is 2. The number of benzene rings is 3. The van der Waals surface area contributed by atoms with Crippen molar-refractivity contribution in [3.05, 3.63) is 90.0 Å². The number of nitrogens with zero attached hydrogens (tertiary/aromatic N) is 4. The van der Waals surface area contributed by atoms with Crippen LogP contribution in [-0.2, 0) is 11.3 Å². The number of thioether (sulfide) groups is 1. The molecule has 0 atom stereocenters. The highest BCUT2D eigenvalue weighted by atomic mass is 32.2. The molecule has 7 nitrogen and oxygen atoms in total. The maximum absolute atomic E-state index is 12.5. The quantitative estimate of drug-likeness (QED) is 0.155. The summed E-state index contributed by atoms with van der Waals surface area (Å²) in [6, 6.07) is 23.3. The molecule has 4 aromatic rings. The molecule has 0 radical (unpaired) electrons. The first-order valence-electron chi connectivity index (χ1n) is 13.4. The number of hydrogen-bond donors (Lipinski definition) is 1. The molecular formula is C31H30F3N5O2S. The van der Waals surface area contributed by atoms with Gasteiger partial charge in [0.25, 0.3) is 0 Å². The number of aryl methyl sites for hydroxylation is 1. The maximum atomic E-state index is 12.5. The number of aromatic nitrogens is 1. The molecule has 1 saturated heterocycles. The van der Waals surface area contributed by atoms with Gasteiger partial charge in [-0.1, -0.05) is 12.1 Å². The summed E-state index contributed by atoms with van der Waals surface area (Å²) in [5.41, 5.74) is 5.95. The molecule has 1 N–H and O–H groups in total. The molecule has 1 aliphatic rings. The molecule has 1 aliphatic heterocycles. The summed E-state index contributed by atoms with van der Waals surface area (Å²) in [5.74, 6) is 0.319. The molecule has 0 amide bonds. The summed E-state index contributed by atoms with van der Waals surface area (Å²) < 4.78 is 47.0. The van der Waals surface area contributed by atoms with Gasteiger partial charge in [0.1, 0.15) is 11.6 Å². The van der Waals surface area contributed by atoms with Crippen molar-refractivity contribution < 1.29 is 22.6 Å². The van der Waals surface area contributed by atoms with Gasteiger partial charge in [-0.15, -0.1) is 24.9 Å². The van der Waals surface area contributed by atoms with E-state index in [4.69, 9.17) is 9.72 Å². The second-order valence-corrected chi connectivity index (χ2v) is 10.5. The number of pyridine rings is 1. The second kappa shape index (κ2) is 13.4. The maximum Gasteiger partial charge on any atom is 0.573 e. The molecule has 1 fully saturated rings. The zero-order chi connectivity index (χ0) is 29.5. The van der Waals surface area contributed by atoms with Crippen molar-refractivity contribution in [2.75, 3.05) is 37.9 Å². The van der Waals surface area contributed by atoms with E-state index in [1.165, 1.54) is 29.5 Å². The van der Waals surface area contributed by atoms with Gasteiger partial charge in [0, 0.05) is 35.8 Å². The van der Waals surface area contributed by atoms with Gasteiger partial charge in [-0.05, 0) is 91.0 Å². The Bertz CT molecular complexity index is 1520. The normalized spacial score (nSPS) is 14.3. The summed E-state index contributed by atoms with van der Waals surface area (Å²) >= 11 is 1.50. The average Bonchev–Trinajstić information content (AvgIpc) is 2.98. The van der Waals surface area contributed by atoms with Crippen molar-refractivity contribution in [1.29, 1.82) is 0 Å². The van der Waals surface area contributed by atoms with E-state index in [-0.39, 0.29) is 5.75 Å². The van der Waals surface area contributed by atoms with Gasteiger partial charge in [-0.25, -0.2) is 4.98 Å². The predicted molar refractivity (Wildman–Crippen MR) is 159 cm³/mol. The van der Waals surface area contributed by atoms with Gasteiger partial charge in [0.15, 0.2) is 0 Å². The molecule has 0 aliphatic carbocycles. The number of hydrogen-bond acceptors (Lipinski definition) is 8. The Hall–Kier alpha value is -3.93. The predicted octanol–water partition coefficient (Wildman–Crippen LogP) is 8.67. The van der Waals surface area contributed by atoms with E-state index in [0.29, 0.717) is 22.8 Å². The minimum Gasteiger partial charge on any atom is -0.406 e. The zero-order valence-electron chi connectivity index (χ0n) is 23.2. The van der Waals surface area contributed by atoms with Crippen LogP contribution in [-0.4, -0.2) is 48.8 Å². The first-order valence-corrected chi connectivity index (χ1v) is 14.6. The lowest BCUT2D eigenvalue weighted by Crippen LogP contribution is -2.35. The lowest BCUT2D eigenvalue weighted by atomic mass is 10.1. The Labute approximate surface area is 246 Å². The summed E-state index contributed by atoms with van der Waals surface area (Å²) in [6.45, 7) is 6.27. The van der Waals surface area contributed by atoms with Crippen LogP contribution in [0.1, 0.15) is 11.1 Å². The van der Waals surface area contributed by atoms with Crippen molar-refractivity contribution in [2.24, 2.45) is 10.2 Å². The highest BCUT2D eigenvalue weighted by molar-refractivity contribution is 7.98. The van der Waals surface area contributed by atoms with E-state index in [1.807, 2.05) is 49.6 Å². The number of azo groups is 1. The van der Waals surface area contributed by atoms with Crippen molar-refractivity contribution in [2.45, 2.75) is 24.7 Å². The lowest BCUT2D eigenvalue weighted by Gasteiger charge is -2.26. The van der Waals surface area contributed by atoms with Gasteiger partial charge in [0.05, 0.1) is 30.3 Å². The summed E-state index contributed by atoms with van der Waals surface area (Å²) in [5, 5.41) is 12.2. The third-order valence-corrected chi connectivity index (χ3v) is 7.41. The minimum absolute atomic E-state index is 0.278. The fourth-order valence-electron chi connectivity index (χ4n) is 4.45. The molecule has 2 heterocycles. The van der Waals surface area contributed by atoms with Crippen LogP contribution in [0.5, 0.6) is 5.75 Å². The summed E-state index contributed by atoms with van der Waals surface area (Å²) in [6.07, 6.45) is -2.82. The van der Waals surface area contributed by atoms with Crippen molar-refractivity contribution in [3.8, 4) is 17.0 Å². The van der Waals surface area contributed by atoms with Gasteiger partial charge in [-0.2, -0.15) is 10.2 Å². The zero-order valence-corrected chi connectivity index (χ0v) is 24.0. The summed E-state index contributed by atoms with van der Waals surface area (Å²) in [4.78, 5) is 7.99. The molecule has 0 spiro atoms. The SMILES string of the molecule is CSc1ccc(Nc2ccc(/N=N/c3cc(CN4CCOCC4)ccc3C)cc2)nc1-c1ccc(OC(F)(F)F)cc1. The number of alkyl halides is 3.